The molecule has 2 unspecified atom stereocenters. The van der Waals surface area contributed by atoms with Crippen molar-refractivity contribution in [3.63, 3.8) is 0 Å². The number of nitrogens with one attached hydrogen (secondary N) is 1. The van der Waals surface area contributed by atoms with E-state index in [2.05, 4.69) is 5.32 Å². The Bertz CT molecular complexity index is 572. The Morgan fingerprint density at radius 3 is 2.62 bits per heavy atom. The molecule has 6 nitrogen and oxygen atoms in total. The van der Waals surface area contributed by atoms with Gasteiger partial charge in [-0.25, -0.2) is 4.79 Å². The summed E-state index contributed by atoms with van der Waals surface area (Å²) in [5.41, 5.74) is 0.605. The van der Waals surface area contributed by atoms with Crippen LogP contribution in [0.1, 0.15) is 23.2 Å². The van der Waals surface area contributed by atoms with Gasteiger partial charge in [-0.1, -0.05) is 30.3 Å². The van der Waals surface area contributed by atoms with E-state index in [0.717, 1.165) is 12.8 Å². The standard InChI is InChI=1S/C17H21NO5S/c19-14(12-5-2-1-3-6-12)10-24-11-15(20)18-16(17(21)22)13-7-4-8-23-9-13/h1-3,5-6,13,16H,4,7-11H2,(H,18,20)(H,21,22). The summed E-state index contributed by atoms with van der Waals surface area (Å²) in [7, 11) is 0. The van der Waals surface area contributed by atoms with E-state index in [1.54, 1.807) is 24.3 Å². The average Bonchev–Trinajstić information content (AvgIpc) is 2.61. The zero-order valence-electron chi connectivity index (χ0n) is 13.3. The molecular weight excluding hydrogens is 330 g/mol. The lowest BCUT2D eigenvalue weighted by Crippen LogP contribution is -2.49. The van der Waals surface area contributed by atoms with Crippen LogP contribution in [0.5, 0.6) is 0 Å². The van der Waals surface area contributed by atoms with Crippen LogP contribution < -0.4 is 5.32 Å². The van der Waals surface area contributed by atoms with Gasteiger partial charge in [-0.2, -0.15) is 0 Å². The largest absolute Gasteiger partial charge is 0.480 e. The number of Topliss-reactive ketones (excluding diaryl/α,β-unsaturated/α-hetero) is 1. The van der Waals surface area contributed by atoms with Crippen LogP contribution in [-0.4, -0.2) is 53.5 Å². The maximum absolute atomic E-state index is 12.0. The summed E-state index contributed by atoms with van der Waals surface area (Å²) in [5.74, 6) is -1.46. The second-order valence-electron chi connectivity index (χ2n) is 5.64. The number of amides is 1. The van der Waals surface area contributed by atoms with Crippen LogP contribution >= 0.6 is 11.8 Å². The fraction of sp³-hybridized carbons (Fsp3) is 0.471. The topological polar surface area (TPSA) is 92.7 Å². The molecule has 1 aromatic rings. The van der Waals surface area contributed by atoms with Gasteiger partial charge in [0.25, 0.3) is 0 Å². The van der Waals surface area contributed by atoms with Crippen LogP contribution in [0, 0.1) is 5.92 Å². The summed E-state index contributed by atoms with van der Waals surface area (Å²) < 4.78 is 5.29. The third-order valence-electron chi connectivity index (χ3n) is 3.81. The van der Waals surface area contributed by atoms with E-state index < -0.39 is 12.0 Å². The highest BCUT2D eigenvalue weighted by Crippen LogP contribution is 2.18. The molecule has 1 heterocycles. The number of carboxylic acids is 1. The molecule has 1 fully saturated rings. The minimum atomic E-state index is -1.05. The highest BCUT2D eigenvalue weighted by Gasteiger charge is 2.31. The molecule has 1 aromatic carbocycles. The molecule has 0 aromatic heterocycles. The molecule has 2 rings (SSSR count). The number of rotatable bonds is 8. The number of ketones is 1. The molecule has 1 saturated heterocycles. The van der Waals surface area contributed by atoms with Gasteiger partial charge in [-0.05, 0) is 12.8 Å². The summed E-state index contributed by atoms with van der Waals surface area (Å²) in [6.07, 6.45) is 1.52. The van der Waals surface area contributed by atoms with E-state index in [1.807, 2.05) is 6.07 Å². The Balaban J connectivity index is 1.76. The number of hydrogen-bond donors (Lipinski definition) is 2. The van der Waals surface area contributed by atoms with Crippen molar-refractivity contribution in [3.8, 4) is 0 Å². The molecule has 0 radical (unpaired) electrons. The fourth-order valence-electron chi connectivity index (χ4n) is 2.57. The van der Waals surface area contributed by atoms with E-state index in [0.29, 0.717) is 18.8 Å². The maximum Gasteiger partial charge on any atom is 0.326 e. The molecule has 1 aliphatic heterocycles. The summed E-state index contributed by atoms with van der Waals surface area (Å²) >= 11 is 1.18. The molecule has 0 spiro atoms. The van der Waals surface area contributed by atoms with Crippen molar-refractivity contribution >= 4 is 29.4 Å². The molecule has 1 aliphatic rings. The quantitative estimate of drug-likeness (QED) is 0.691. The minimum Gasteiger partial charge on any atom is -0.480 e. The summed E-state index contributed by atoms with van der Waals surface area (Å²) in [6.45, 7) is 0.977. The number of carbonyl (C=O) groups excluding carboxylic acids is 2. The third kappa shape index (κ3) is 5.65. The van der Waals surface area contributed by atoms with Crippen LogP contribution in [0.3, 0.4) is 0 Å². The van der Waals surface area contributed by atoms with Gasteiger partial charge in [0.2, 0.25) is 5.91 Å². The highest BCUT2D eigenvalue weighted by molar-refractivity contribution is 8.00. The number of carboxylic acid groups (broad SMARTS) is 1. The van der Waals surface area contributed by atoms with Crippen molar-refractivity contribution in [2.24, 2.45) is 5.92 Å². The van der Waals surface area contributed by atoms with Crippen molar-refractivity contribution in [2.45, 2.75) is 18.9 Å². The molecule has 2 N–H and O–H groups in total. The van der Waals surface area contributed by atoms with Crippen molar-refractivity contribution < 1.29 is 24.2 Å². The van der Waals surface area contributed by atoms with Crippen LogP contribution in [0.25, 0.3) is 0 Å². The van der Waals surface area contributed by atoms with Crippen LogP contribution in [0.15, 0.2) is 30.3 Å². The van der Waals surface area contributed by atoms with Gasteiger partial charge in [0.05, 0.1) is 18.1 Å². The number of aliphatic carboxylic acids is 1. The van der Waals surface area contributed by atoms with Gasteiger partial charge in [0.1, 0.15) is 6.04 Å². The van der Waals surface area contributed by atoms with Gasteiger partial charge in [-0.15, -0.1) is 11.8 Å². The highest BCUT2D eigenvalue weighted by atomic mass is 32.2. The van der Waals surface area contributed by atoms with E-state index in [-0.39, 0.29) is 29.1 Å². The third-order valence-corrected chi connectivity index (χ3v) is 4.74. The monoisotopic (exact) mass is 351 g/mol. The second kappa shape index (κ2) is 9.44. The number of benzene rings is 1. The summed E-state index contributed by atoms with van der Waals surface area (Å²) in [6, 6.07) is 7.92. The fourth-order valence-corrected chi connectivity index (χ4v) is 3.29. The van der Waals surface area contributed by atoms with Crippen LogP contribution in [0.2, 0.25) is 0 Å². The first-order valence-electron chi connectivity index (χ1n) is 7.84. The number of hydrogen-bond acceptors (Lipinski definition) is 5. The van der Waals surface area contributed by atoms with E-state index in [4.69, 9.17) is 4.74 Å². The smallest absolute Gasteiger partial charge is 0.326 e. The van der Waals surface area contributed by atoms with Gasteiger partial charge in [-0.3, -0.25) is 9.59 Å². The van der Waals surface area contributed by atoms with E-state index >= 15 is 0 Å². The van der Waals surface area contributed by atoms with Gasteiger partial charge in [0.15, 0.2) is 5.78 Å². The number of ether oxygens (including phenoxy) is 1. The number of carbonyl (C=O) groups is 3. The first kappa shape index (κ1) is 18.5. The van der Waals surface area contributed by atoms with E-state index in [1.165, 1.54) is 11.8 Å². The minimum absolute atomic E-state index is 0.0515. The Labute approximate surface area is 145 Å². The molecule has 0 bridgehead atoms. The Morgan fingerprint density at radius 2 is 2.00 bits per heavy atom. The van der Waals surface area contributed by atoms with Crippen molar-refractivity contribution in [1.29, 1.82) is 0 Å². The lowest BCUT2D eigenvalue weighted by molar-refractivity contribution is -0.144. The SMILES string of the molecule is O=C(CSCC(=O)c1ccccc1)NC(C(=O)O)C1CCCOC1. The molecule has 0 aliphatic carbocycles. The Hall–Kier alpha value is -1.86. The van der Waals surface area contributed by atoms with Crippen molar-refractivity contribution in [3.05, 3.63) is 35.9 Å². The van der Waals surface area contributed by atoms with Crippen molar-refractivity contribution in [1.82, 2.24) is 5.32 Å². The normalized spacial score (nSPS) is 18.6. The molecule has 130 valence electrons. The maximum atomic E-state index is 12.0. The molecule has 7 heteroatoms. The van der Waals surface area contributed by atoms with Gasteiger partial charge >= 0.3 is 5.97 Å². The van der Waals surface area contributed by atoms with Gasteiger partial charge < -0.3 is 15.2 Å². The predicted molar refractivity (Wildman–Crippen MR) is 91.2 cm³/mol. The molecule has 2 atom stereocenters. The lowest BCUT2D eigenvalue weighted by Gasteiger charge is -2.28. The Kier molecular flexibility index (Phi) is 7.27. The van der Waals surface area contributed by atoms with Crippen LogP contribution in [-0.2, 0) is 14.3 Å². The van der Waals surface area contributed by atoms with Crippen LogP contribution in [0.4, 0.5) is 0 Å². The first-order chi connectivity index (χ1) is 11.6. The summed E-state index contributed by atoms with van der Waals surface area (Å²) in [5, 5.41) is 11.9. The van der Waals surface area contributed by atoms with E-state index in [9.17, 15) is 19.5 Å². The second-order valence-corrected chi connectivity index (χ2v) is 6.63. The lowest BCUT2D eigenvalue weighted by atomic mass is 9.94. The first-order valence-corrected chi connectivity index (χ1v) is 8.99. The molecule has 1 amide bonds. The summed E-state index contributed by atoms with van der Waals surface area (Å²) in [4.78, 5) is 35.3. The molecular formula is C17H21NO5S. The Morgan fingerprint density at radius 1 is 1.25 bits per heavy atom. The zero-order chi connectivity index (χ0) is 17.4. The van der Waals surface area contributed by atoms with Crippen molar-refractivity contribution in [2.75, 3.05) is 24.7 Å². The zero-order valence-corrected chi connectivity index (χ0v) is 14.1. The van der Waals surface area contributed by atoms with Gasteiger partial charge in [0, 0.05) is 18.1 Å². The average molecular weight is 351 g/mol. The molecule has 24 heavy (non-hydrogen) atoms. The molecule has 0 saturated carbocycles. The number of thioether (sulfide) groups is 1. The predicted octanol–water partition coefficient (Wildman–Crippen LogP) is 1.60.